The van der Waals surface area contributed by atoms with E-state index in [-0.39, 0.29) is 59.5 Å². The number of benzene rings is 4. The van der Waals surface area contributed by atoms with Crippen molar-refractivity contribution in [3.05, 3.63) is 127 Å². The smallest absolute Gasteiger partial charge is 0.389 e. The summed E-state index contributed by atoms with van der Waals surface area (Å²) in [7, 11) is 6.62. The Hall–Kier alpha value is -2.16. The molecule has 0 aromatic heterocycles. The highest BCUT2D eigenvalue weighted by atomic mass is 36.1. The predicted molar refractivity (Wildman–Crippen MR) is 321 cm³/mol. The zero-order chi connectivity index (χ0) is 59.4. The van der Waals surface area contributed by atoms with Gasteiger partial charge < -0.3 is 61.5 Å². The van der Waals surface area contributed by atoms with E-state index in [0.717, 1.165) is 24.2 Å². The number of nitro benzene ring substituents is 2. The summed E-state index contributed by atoms with van der Waals surface area (Å²) < 4.78 is 51.2. The number of ether oxygens (including phenoxy) is 2. The monoisotopic (exact) mass is 1360 g/mol. The van der Waals surface area contributed by atoms with Crippen LogP contribution in [0.5, 0.6) is 23.0 Å². The van der Waals surface area contributed by atoms with Crippen LogP contribution in [0, 0.1) is 20.2 Å². The van der Waals surface area contributed by atoms with E-state index in [1.807, 2.05) is 0 Å². The summed E-state index contributed by atoms with van der Waals surface area (Å²) in [6.45, 7) is -2.64. The quantitative estimate of drug-likeness (QED) is 0.0458. The zero-order valence-corrected chi connectivity index (χ0v) is 53.2. The molecule has 3 fully saturated rings. The van der Waals surface area contributed by atoms with Crippen LogP contribution in [0.4, 0.5) is 11.4 Å². The second-order valence-electron chi connectivity index (χ2n) is 15.8. The van der Waals surface area contributed by atoms with Crippen molar-refractivity contribution >= 4 is 150 Å². The molecule has 79 heavy (non-hydrogen) atoms. The fourth-order valence-electron chi connectivity index (χ4n) is 5.50. The molecule has 4 aromatic carbocycles. The summed E-state index contributed by atoms with van der Waals surface area (Å²) in [5.41, 5.74) is 2.02. The molecule has 3 saturated heterocycles. The molecule has 35 heteroatoms. The molecule has 22 nitrogen and oxygen atoms in total. The number of aliphatic hydroxyl groups is 2. The topological polar surface area (TPSA) is 278 Å². The second kappa shape index (κ2) is 37.2. The van der Waals surface area contributed by atoms with Gasteiger partial charge in [-0.25, -0.2) is 4.57 Å². The summed E-state index contributed by atoms with van der Waals surface area (Å²) in [4.78, 5) is 57.0. The molecule has 440 valence electrons. The third kappa shape index (κ3) is 30.8. The Morgan fingerprint density at radius 2 is 1.03 bits per heavy atom. The minimum absolute atomic E-state index is 0.0496. The van der Waals surface area contributed by atoms with Gasteiger partial charge in [-0.1, -0.05) is 45.9 Å². The first-order valence-electron chi connectivity index (χ1n) is 22.8. The Balaban J connectivity index is 0.000000377. The Morgan fingerprint density at radius 3 is 1.32 bits per heavy atom. The van der Waals surface area contributed by atoms with Gasteiger partial charge in [0.15, 0.2) is 0 Å². The molecule has 0 aliphatic carbocycles. The van der Waals surface area contributed by atoms with Gasteiger partial charge in [-0.05, 0) is 156 Å². The molecule has 3 aliphatic heterocycles. The number of rotatable bonds is 14. The molecule has 0 unspecified atom stereocenters. The fraction of sp³-hybridized carbons (Fsp3) is 0.409. The van der Waals surface area contributed by atoms with Crippen LogP contribution in [0.25, 0.3) is 0 Å². The highest BCUT2D eigenvalue weighted by Gasteiger charge is 2.29. The number of hydrogen-bond acceptors (Lipinski definition) is 21. The normalized spacial score (nSPS) is 15.7. The van der Waals surface area contributed by atoms with E-state index in [1.54, 1.807) is 88.9 Å². The molecule has 3 heterocycles. The highest BCUT2D eigenvalue weighted by Crippen LogP contribution is 2.63. The summed E-state index contributed by atoms with van der Waals surface area (Å²) in [6.07, 6.45) is 2.93. The van der Waals surface area contributed by atoms with Crippen molar-refractivity contribution in [2.75, 3.05) is 81.0 Å². The van der Waals surface area contributed by atoms with Crippen LogP contribution in [0.15, 0.2) is 84.9 Å². The number of alkyl halides is 1. The molecule has 4 aromatic rings. The number of amides is 2. The van der Waals surface area contributed by atoms with E-state index in [1.165, 1.54) is 34.1 Å². The van der Waals surface area contributed by atoms with Gasteiger partial charge in [0.2, 0.25) is 15.6 Å². The minimum atomic E-state index is -3.21. The molecule has 0 saturated carbocycles. The number of aliphatic hydroxyl groups excluding tert-OH is 2. The molecule has 0 radical (unpaired) electrons. The Bertz CT molecular complexity index is 2730. The molecule has 0 spiro atoms. The lowest BCUT2D eigenvalue weighted by Crippen LogP contribution is -2.21. The summed E-state index contributed by atoms with van der Waals surface area (Å²) in [6, 6.07) is 21.6. The van der Waals surface area contributed by atoms with Crippen LogP contribution in [-0.4, -0.2) is 128 Å². The van der Waals surface area contributed by atoms with Crippen LogP contribution in [-0.2, 0) is 78.8 Å². The predicted octanol–water partition coefficient (Wildman–Crippen LogP) is 13.5. The number of hydrogen-bond donors (Lipinski definition) is 3. The van der Waals surface area contributed by atoms with Crippen molar-refractivity contribution in [3.8, 4) is 23.0 Å². The molecule has 3 N–H and O–H groups in total. The number of halogens is 5. The third-order valence-electron chi connectivity index (χ3n) is 9.14. The van der Waals surface area contributed by atoms with E-state index in [0.29, 0.717) is 86.2 Å². The maximum Gasteiger partial charge on any atom is 0.389 e. The van der Waals surface area contributed by atoms with E-state index in [4.69, 9.17) is 120 Å². The molecular weight excluding hydrogens is 1300 g/mol. The minimum Gasteiger partial charge on any atom is -0.450 e. The number of carbonyl (C=O) groups is 2. The maximum atomic E-state index is 12.4. The van der Waals surface area contributed by atoms with Crippen LogP contribution in [0.3, 0.4) is 0 Å². The zero-order valence-electron chi connectivity index (χ0n) is 42.5. The highest BCUT2D eigenvalue weighted by molar-refractivity contribution is 8.54. The average molecular weight is 1360 g/mol. The summed E-state index contributed by atoms with van der Waals surface area (Å²) >= 11 is 40.8. The van der Waals surface area contributed by atoms with Crippen LogP contribution < -0.4 is 9.47 Å². The van der Waals surface area contributed by atoms with Gasteiger partial charge in [-0.2, -0.15) is 0 Å². The van der Waals surface area contributed by atoms with E-state index in [2.05, 4.69) is 23.6 Å². The number of nitrogens with zero attached hydrogens (tertiary/aromatic N) is 4. The van der Waals surface area contributed by atoms with Gasteiger partial charge >= 0.3 is 24.9 Å². The van der Waals surface area contributed by atoms with Gasteiger partial charge in [0.05, 0.1) is 49.5 Å². The van der Waals surface area contributed by atoms with E-state index < -0.39 is 33.3 Å². The fourth-order valence-corrected chi connectivity index (χ4v) is 11.8. The molecule has 0 bridgehead atoms. The lowest BCUT2D eigenvalue weighted by Gasteiger charge is -2.21. The Kier molecular flexibility index (Phi) is 34.4. The van der Waals surface area contributed by atoms with Crippen molar-refractivity contribution in [2.24, 2.45) is 0 Å². The van der Waals surface area contributed by atoms with Gasteiger partial charge in [0.1, 0.15) is 11.5 Å². The van der Waals surface area contributed by atoms with Crippen molar-refractivity contribution in [3.63, 3.8) is 0 Å². The number of carbonyl (C=O) groups excluding carboxylic acids is 2. The van der Waals surface area contributed by atoms with Crippen molar-refractivity contribution in [1.82, 2.24) is 9.80 Å². The van der Waals surface area contributed by atoms with E-state index in [9.17, 15) is 34.4 Å². The molecule has 7 rings (SSSR count). The lowest BCUT2D eigenvalue weighted by atomic mass is 10.2. The van der Waals surface area contributed by atoms with Gasteiger partial charge in [-0.15, -0.1) is 11.6 Å². The van der Waals surface area contributed by atoms with Gasteiger partial charge in [0, 0.05) is 76.3 Å². The molecule has 0 atom stereocenters. The molecular formula is C44H57Cl5N4O18P4S4. The largest absolute Gasteiger partial charge is 0.450 e. The van der Waals surface area contributed by atoms with Crippen LogP contribution in [0.2, 0.25) is 0 Å². The first-order chi connectivity index (χ1) is 37.0. The average Bonchev–Trinajstić information content (AvgIpc) is 3.39. The first kappa shape index (κ1) is 72.9. The first-order valence-corrected chi connectivity index (χ1v) is 38.1. The van der Waals surface area contributed by atoms with Crippen LogP contribution >= 0.6 is 91.4 Å². The third-order valence-corrected chi connectivity index (χ3v) is 17.0. The Morgan fingerprint density at radius 1 is 0.671 bits per heavy atom. The SMILES string of the molecule is CN(C)C(=O)c1ccc(Oc2cc(CCl)ccc2[N+](=O)[O-])cc1.CN(C)C(=O)c1ccc(Oc2cc(CSP3(=O)OCCCO3)ccc2[N+](=O)[O-])cc1.OCCCO.OP1(=S)OCCCO1.S=P(Cl)(Cl)Cl.S=P1(Cl)OCCCO1. The van der Waals surface area contributed by atoms with Gasteiger partial charge in [0.25, 0.3) is 17.7 Å². The van der Waals surface area contributed by atoms with Crippen molar-refractivity contribution < 1.29 is 75.7 Å². The molecule has 3 aliphatic rings. The standard InChI is InChI=1S/C19H21N2O7PS.C16H15ClN2O4.C3H6ClO2PS.C3H7O3PS.C3H8O2.Cl3PS/c1-20(2)19(22)15-5-7-16(8-6-15)28-18-12-14(4-9-17(18)21(23)24)13-30-29(25)26-10-3-11-27-29;1-18(2)16(20)12-4-6-13(7-5-12)23-15-9-11(10-17)3-8-14(15)19(21)22;2*4-7(8)5-2-1-3-6-7;4-2-1-3-5;1-4(2,3)5/h4-9,12H,3,10-11,13H2,1-2H3;3-9H,10H2,1-2H3;1-3H2;1-3H2,(H,4,8);4-5H,1-3H2;. The maximum absolute atomic E-state index is 12.4. The van der Waals surface area contributed by atoms with Gasteiger partial charge in [-0.3, -0.25) is 29.8 Å². The molecule has 2 amide bonds. The lowest BCUT2D eigenvalue weighted by molar-refractivity contribution is -0.385. The summed E-state index contributed by atoms with van der Waals surface area (Å²) in [5, 5.41) is 38.3. The summed E-state index contributed by atoms with van der Waals surface area (Å²) in [5.74, 6) is -1.16. The van der Waals surface area contributed by atoms with Crippen LogP contribution in [0.1, 0.15) is 57.5 Å². The van der Waals surface area contributed by atoms with Crippen molar-refractivity contribution in [2.45, 2.75) is 37.3 Å². The van der Waals surface area contributed by atoms with E-state index >= 15 is 0 Å². The number of nitro groups is 2. The van der Waals surface area contributed by atoms with Crippen molar-refractivity contribution in [1.29, 1.82) is 0 Å². The second-order valence-corrected chi connectivity index (χ2v) is 38.1. The Labute approximate surface area is 500 Å².